The van der Waals surface area contributed by atoms with Gasteiger partial charge in [-0.1, -0.05) is 30.3 Å². The van der Waals surface area contributed by atoms with Crippen molar-refractivity contribution in [3.05, 3.63) is 95.1 Å². The minimum atomic E-state index is -1.01. The van der Waals surface area contributed by atoms with Crippen LogP contribution in [0.3, 0.4) is 0 Å². The van der Waals surface area contributed by atoms with E-state index in [0.29, 0.717) is 22.5 Å². The second-order valence-corrected chi connectivity index (χ2v) is 6.90. The molecule has 2 aromatic carbocycles. The maximum absolute atomic E-state index is 12.3. The van der Waals surface area contributed by atoms with Crippen LogP contribution >= 0.6 is 0 Å². The normalized spacial score (nSPS) is 16.1. The zero-order chi connectivity index (χ0) is 22.4. The molecule has 0 fully saturated rings. The van der Waals surface area contributed by atoms with Crippen molar-refractivity contribution >= 4 is 28.9 Å². The molecule has 0 radical (unpaired) electrons. The lowest BCUT2D eigenvalue weighted by Crippen LogP contribution is -2.46. The molecule has 0 spiro atoms. The van der Waals surface area contributed by atoms with Crippen LogP contribution in [0.5, 0.6) is 0 Å². The summed E-state index contributed by atoms with van der Waals surface area (Å²) in [7, 11) is 0. The van der Waals surface area contributed by atoms with Crippen LogP contribution in [0.1, 0.15) is 34.0 Å². The first-order valence-corrected chi connectivity index (χ1v) is 9.44. The third kappa shape index (κ3) is 5.55. The van der Waals surface area contributed by atoms with Crippen molar-refractivity contribution in [3.63, 3.8) is 0 Å². The monoisotopic (exact) mass is 412 g/mol. The Hall–Kier alpha value is -4.44. The Labute approximate surface area is 179 Å². The topological polar surface area (TPSA) is 126 Å². The van der Waals surface area contributed by atoms with E-state index >= 15 is 0 Å². The number of carbonyl (C=O) groups excluding carboxylic acids is 1. The Morgan fingerprint density at radius 3 is 2.29 bits per heavy atom. The summed E-state index contributed by atoms with van der Waals surface area (Å²) in [4.78, 5) is 23.4. The lowest BCUT2D eigenvalue weighted by atomic mass is 10.0. The van der Waals surface area contributed by atoms with Gasteiger partial charge in [0.2, 0.25) is 5.91 Å². The Kier molecular flexibility index (Phi) is 6.43. The van der Waals surface area contributed by atoms with E-state index in [9.17, 15) is 9.59 Å². The van der Waals surface area contributed by atoms with Crippen LogP contribution in [0, 0.1) is 16.7 Å². The number of carbonyl (C=O) groups is 2. The second-order valence-electron chi connectivity index (χ2n) is 6.90. The molecule has 1 heterocycles. The van der Waals surface area contributed by atoms with Crippen LogP contribution in [0.4, 0.5) is 0 Å². The highest BCUT2D eigenvalue weighted by Gasteiger charge is 2.18. The number of carboxylic acid groups (broad SMARTS) is 1. The molecular weight excluding hydrogens is 392 g/mol. The Bertz CT molecular complexity index is 1150. The lowest BCUT2D eigenvalue weighted by molar-refractivity contribution is -0.117. The van der Waals surface area contributed by atoms with Crippen molar-refractivity contribution in [1.82, 2.24) is 10.6 Å². The molecule has 7 nitrogen and oxygen atoms in total. The van der Waals surface area contributed by atoms with E-state index in [1.807, 2.05) is 0 Å². The van der Waals surface area contributed by atoms with Gasteiger partial charge in [0.25, 0.3) is 0 Å². The molecule has 0 aliphatic carbocycles. The van der Waals surface area contributed by atoms with E-state index in [1.54, 1.807) is 61.5 Å². The van der Waals surface area contributed by atoms with Gasteiger partial charge in [-0.25, -0.2) is 4.79 Å². The smallest absolute Gasteiger partial charge is 0.335 e. The predicted octanol–water partition coefficient (Wildman–Crippen LogP) is 3.32. The molecule has 0 saturated heterocycles. The summed E-state index contributed by atoms with van der Waals surface area (Å²) < 4.78 is 0. The second kappa shape index (κ2) is 9.37. The van der Waals surface area contributed by atoms with Gasteiger partial charge in [0, 0.05) is 17.5 Å². The summed E-state index contributed by atoms with van der Waals surface area (Å²) in [5.74, 6) is -1.28. The van der Waals surface area contributed by atoms with Crippen LogP contribution in [0.15, 0.2) is 72.8 Å². The number of benzene rings is 2. The average molecular weight is 412 g/mol. The van der Waals surface area contributed by atoms with Crippen LogP contribution in [-0.2, 0) is 4.79 Å². The van der Waals surface area contributed by atoms with Gasteiger partial charge < -0.3 is 21.1 Å². The number of nitriles is 1. The van der Waals surface area contributed by atoms with Crippen LogP contribution in [0.25, 0.3) is 11.3 Å². The predicted molar refractivity (Wildman–Crippen MR) is 118 cm³/mol. The third-order valence-electron chi connectivity index (χ3n) is 4.53. The number of hydrogen-bond acceptors (Lipinski definition) is 5. The van der Waals surface area contributed by atoms with Gasteiger partial charge >= 0.3 is 5.97 Å². The van der Waals surface area contributed by atoms with E-state index in [2.05, 4.69) is 16.7 Å². The fraction of sp³-hybridized carbons (Fsp3) is 0.0833. The van der Waals surface area contributed by atoms with Gasteiger partial charge in [0.05, 0.1) is 17.2 Å². The number of hydrogen-bond donors (Lipinski definition) is 4. The molecule has 4 N–H and O–H groups in total. The highest BCUT2D eigenvalue weighted by molar-refractivity contribution is 5.97. The van der Waals surface area contributed by atoms with Crippen molar-refractivity contribution in [2.45, 2.75) is 13.1 Å². The van der Waals surface area contributed by atoms with Crippen molar-refractivity contribution in [2.75, 3.05) is 0 Å². The van der Waals surface area contributed by atoms with E-state index in [0.717, 1.165) is 11.1 Å². The molecule has 0 bridgehead atoms. The molecule has 31 heavy (non-hydrogen) atoms. The van der Waals surface area contributed by atoms with Crippen molar-refractivity contribution in [3.8, 4) is 6.07 Å². The zero-order valence-corrected chi connectivity index (χ0v) is 16.7. The van der Waals surface area contributed by atoms with E-state index in [4.69, 9.17) is 15.8 Å². The average Bonchev–Trinajstić information content (AvgIpc) is 2.76. The maximum Gasteiger partial charge on any atom is 0.335 e. The molecule has 1 amide bonds. The van der Waals surface area contributed by atoms with Crippen molar-refractivity contribution in [1.29, 1.82) is 10.7 Å². The number of amides is 1. The summed E-state index contributed by atoms with van der Waals surface area (Å²) in [6.45, 7) is 1.65. The minimum absolute atomic E-state index is 0.172. The van der Waals surface area contributed by atoms with E-state index in [-0.39, 0.29) is 11.5 Å². The third-order valence-corrected chi connectivity index (χ3v) is 4.53. The zero-order valence-electron chi connectivity index (χ0n) is 16.7. The molecule has 0 aromatic heterocycles. The minimum Gasteiger partial charge on any atom is -0.478 e. The van der Waals surface area contributed by atoms with Crippen molar-refractivity contribution < 1.29 is 14.7 Å². The van der Waals surface area contributed by atoms with Gasteiger partial charge in [0.15, 0.2) is 0 Å². The van der Waals surface area contributed by atoms with E-state index < -0.39 is 12.1 Å². The van der Waals surface area contributed by atoms with Gasteiger partial charge in [-0.2, -0.15) is 5.26 Å². The summed E-state index contributed by atoms with van der Waals surface area (Å²) in [5.41, 5.74) is 3.89. The number of aromatic carboxylic acids is 1. The first kappa shape index (κ1) is 21.3. The van der Waals surface area contributed by atoms with Crippen LogP contribution in [-0.4, -0.2) is 28.9 Å². The molecule has 1 aliphatic heterocycles. The number of allylic oxidation sites excluding steroid dienone is 3. The molecule has 3 rings (SSSR count). The Morgan fingerprint density at radius 1 is 1.06 bits per heavy atom. The molecule has 1 atom stereocenters. The first-order valence-electron chi connectivity index (χ1n) is 9.44. The lowest BCUT2D eigenvalue weighted by Gasteiger charge is -2.25. The highest BCUT2D eigenvalue weighted by Crippen LogP contribution is 2.20. The SMILES string of the molecule is CC(=N)/C=C\C(=C/C1NC(=O)C=C(c2ccc(C#N)cc2)N1)c1ccc(C(=O)O)cc1. The summed E-state index contributed by atoms with van der Waals surface area (Å²) in [6, 6.07) is 15.3. The number of carboxylic acids is 1. The standard InChI is InChI=1S/C24H20N4O3/c1-15(26)2-5-20(17-8-10-19(11-9-17)24(30)31)12-22-27-21(13-23(29)28-22)18-6-3-16(14-25)4-7-18/h2-13,22,26-27H,1H3,(H,28,29)(H,30,31)/b5-2-,20-12+,26-15?. The quantitative estimate of drug-likeness (QED) is 0.428. The fourth-order valence-electron chi connectivity index (χ4n) is 2.99. The molecule has 1 unspecified atom stereocenters. The molecule has 2 aromatic rings. The molecule has 0 saturated carbocycles. The van der Waals surface area contributed by atoms with Gasteiger partial charge in [0.1, 0.15) is 6.17 Å². The van der Waals surface area contributed by atoms with E-state index in [1.165, 1.54) is 18.2 Å². The summed E-state index contributed by atoms with van der Waals surface area (Å²) in [5, 5.41) is 31.8. The Morgan fingerprint density at radius 2 is 1.71 bits per heavy atom. The van der Waals surface area contributed by atoms with Crippen LogP contribution < -0.4 is 10.6 Å². The molecule has 7 heteroatoms. The highest BCUT2D eigenvalue weighted by atomic mass is 16.4. The first-order chi connectivity index (χ1) is 14.9. The van der Waals surface area contributed by atoms with Gasteiger partial charge in [-0.3, -0.25) is 4.79 Å². The number of nitrogens with one attached hydrogen (secondary N) is 3. The van der Waals surface area contributed by atoms with Crippen LogP contribution in [0.2, 0.25) is 0 Å². The summed E-state index contributed by atoms with van der Waals surface area (Å²) >= 11 is 0. The molecule has 1 aliphatic rings. The number of rotatable bonds is 6. The van der Waals surface area contributed by atoms with Crippen molar-refractivity contribution in [2.24, 2.45) is 0 Å². The largest absolute Gasteiger partial charge is 0.478 e. The molecule has 154 valence electrons. The van der Waals surface area contributed by atoms with Gasteiger partial charge in [-0.05, 0) is 60.0 Å². The fourth-order valence-corrected chi connectivity index (χ4v) is 2.99. The molecular formula is C24H20N4O3. The maximum atomic E-state index is 12.3. The summed E-state index contributed by atoms with van der Waals surface area (Å²) in [6.07, 6.45) is 6.08. The van der Waals surface area contributed by atoms with Gasteiger partial charge in [-0.15, -0.1) is 0 Å². The number of nitrogens with zero attached hydrogens (tertiary/aromatic N) is 1. The Balaban J connectivity index is 1.92.